The maximum Gasteiger partial charge on any atom is 0.127 e. The van der Waals surface area contributed by atoms with E-state index in [-0.39, 0.29) is 5.41 Å². The Morgan fingerprint density at radius 3 is 2.72 bits per heavy atom. The zero-order valence-corrected chi connectivity index (χ0v) is 10.8. The van der Waals surface area contributed by atoms with Gasteiger partial charge in [0, 0.05) is 18.0 Å². The maximum atomic E-state index is 11.5. The van der Waals surface area contributed by atoms with Crippen molar-refractivity contribution in [2.24, 2.45) is 5.41 Å². The van der Waals surface area contributed by atoms with Gasteiger partial charge in [0.1, 0.15) is 12.0 Å². The molecule has 2 fully saturated rings. The molecule has 0 aromatic carbocycles. The molecule has 2 aliphatic carbocycles. The molecule has 0 aliphatic heterocycles. The molecule has 0 N–H and O–H groups in total. The lowest BCUT2D eigenvalue weighted by Crippen LogP contribution is -2.38. The molecule has 3 rings (SSSR count). The van der Waals surface area contributed by atoms with Gasteiger partial charge in [-0.25, -0.2) is 0 Å². The summed E-state index contributed by atoms with van der Waals surface area (Å²) in [5, 5.41) is 0. The summed E-state index contributed by atoms with van der Waals surface area (Å²) in [5.41, 5.74) is -0.0742. The second kappa shape index (κ2) is 4.88. The summed E-state index contributed by atoms with van der Waals surface area (Å²) < 4.78 is 5.44. The van der Waals surface area contributed by atoms with Gasteiger partial charge in [0.05, 0.1) is 12.8 Å². The second-order valence-electron chi connectivity index (χ2n) is 5.90. The zero-order valence-electron chi connectivity index (χ0n) is 10.8. The Morgan fingerprint density at radius 2 is 2.17 bits per heavy atom. The summed E-state index contributed by atoms with van der Waals surface area (Å²) >= 11 is 0. The Morgan fingerprint density at radius 1 is 1.39 bits per heavy atom. The van der Waals surface area contributed by atoms with Crippen LogP contribution in [0.1, 0.15) is 44.3 Å². The van der Waals surface area contributed by atoms with E-state index in [1.54, 1.807) is 6.26 Å². The third-order valence-corrected chi connectivity index (χ3v) is 4.37. The average Bonchev–Trinajstić information content (AvgIpc) is 2.92. The Labute approximate surface area is 108 Å². The fourth-order valence-corrected chi connectivity index (χ4v) is 3.15. The van der Waals surface area contributed by atoms with E-state index in [9.17, 15) is 4.79 Å². The summed E-state index contributed by atoms with van der Waals surface area (Å²) in [6, 6.07) is 4.64. The quantitative estimate of drug-likeness (QED) is 0.725. The summed E-state index contributed by atoms with van der Waals surface area (Å²) in [5.74, 6) is 1.01. The first-order valence-corrected chi connectivity index (χ1v) is 7.04. The van der Waals surface area contributed by atoms with Crippen molar-refractivity contribution in [3.63, 3.8) is 0 Å². The molecular weight excluding hydrogens is 226 g/mol. The number of carbonyl (C=O) groups excluding carboxylic acids is 1. The molecule has 1 heterocycles. The van der Waals surface area contributed by atoms with Gasteiger partial charge in [0.25, 0.3) is 0 Å². The van der Waals surface area contributed by atoms with Gasteiger partial charge < -0.3 is 9.21 Å². The predicted octanol–water partition coefficient (Wildman–Crippen LogP) is 3.00. The van der Waals surface area contributed by atoms with Crippen LogP contribution in [0.4, 0.5) is 0 Å². The molecule has 0 amide bonds. The average molecular weight is 247 g/mol. The van der Waals surface area contributed by atoms with Crippen molar-refractivity contribution in [3.05, 3.63) is 24.2 Å². The van der Waals surface area contributed by atoms with E-state index in [4.69, 9.17) is 4.42 Å². The minimum Gasteiger partial charge on any atom is -0.468 e. The van der Waals surface area contributed by atoms with Crippen molar-refractivity contribution in [1.29, 1.82) is 0 Å². The standard InChI is InChI=1S/C15H21NO2/c17-12-15(7-1-2-8-15)11-16(13-5-6-13)10-14-4-3-9-18-14/h3-4,9,12-13H,1-2,5-8,10-11H2. The molecule has 2 saturated carbocycles. The Bertz CT molecular complexity index is 389. The van der Waals surface area contributed by atoms with Crippen LogP contribution in [0.25, 0.3) is 0 Å². The van der Waals surface area contributed by atoms with Crippen molar-refractivity contribution in [3.8, 4) is 0 Å². The van der Waals surface area contributed by atoms with E-state index in [0.29, 0.717) is 6.04 Å². The smallest absolute Gasteiger partial charge is 0.127 e. The highest BCUT2D eigenvalue weighted by Gasteiger charge is 2.39. The van der Waals surface area contributed by atoms with Crippen LogP contribution in [-0.4, -0.2) is 23.8 Å². The lowest BCUT2D eigenvalue weighted by Gasteiger charge is -2.30. The molecule has 1 aromatic rings. The van der Waals surface area contributed by atoms with Crippen LogP contribution in [0.5, 0.6) is 0 Å². The lowest BCUT2D eigenvalue weighted by atomic mass is 9.87. The summed E-state index contributed by atoms with van der Waals surface area (Å²) in [4.78, 5) is 13.9. The largest absolute Gasteiger partial charge is 0.468 e. The van der Waals surface area contributed by atoms with E-state index in [1.165, 1.54) is 32.0 Å². The summed E-state index contributed by atoms with van der Waals surface area (Å²) in [6.45, 7) is 1.77. The normalized spacial score (nSPS) is 22.5. The molecule has 3 heteroatoms. The van der Waals surface area contributed by atoms with Gasteiger partial charge >= 0.3 is 0 Å². The van der Waals surface area contributed by atoms with Gasteiger partial charge in [0.15, 0.2) is 0 Å². The molecule has 0 bridgehead atoms. The van der Waals surface area contributed by atoms with Crippen molar-refractivity contribution >= 4 is 6.29 Å². The minimum absolute atomic E-state index is 0.0742. The van der Waals surface area contributed by atoms with Crippen LogP contribution in [0.15, 0.2) is 22.8 Å². The topological polar surface area (TPSA) is 33.5 Å². The monoisotopic (exact) mass is 247 g/mol. The van der Waals surface area contributed by atoms with Crippen LogP contribution in [0.2, 0.25) is 0 Å². The van der Waals surface area contributed by atoms with Crippen molar-refractivity contribution in [1.82, 2.24) is 4.90 Å². The molecule has 2 aliphatic rings. The lowest BCUT2D eigenvalue weighted by molar-refractivity contribution is -0.117. The Kier molecular flexibility index (Phi) is 3.25. The number of aldehydes is 1. The molecule has 3 nitrogen and oxygen atoms in total. The third kappa shape index (κ3) is 2.51. The Hall–Kier alpha value is -1.09. The van der Waals surface area contributed by atoms with E-state index in [0.717, 1.165) is 31.7 Å². The first kappa shape index (κ1) is 12.0. The van der Waals surface area contributed by atoms with E-state index in [1.807, 2.05) is 12.1 Å². The van der Waals surface area contributed by atoms with Gasteiger partial charge in [-0.05, 0) is 37.8 Å². The summed E-state index contributed by atoms with van der Waals surface area (Å²) in [6.07, 6.45) is 10.0. The molecule has 0 saturated heterocycles. The van der Waals surface area contributed by atoms with Crippen molar-refractivity contribution in [2.45, 2.75) is 51.1 Å². The Balaban J connectivity index is 1.68. The van der Waals surface area contributed by atoms with Crippen LogP contribution < -0.4 is 0 Å². The van der Waals surface area contributed by atoms with Crippen LogP contribution in [0.3, 0.4) is 0 Å². The number of carbonyl (C=O) groups is 1. The number of hydrogen-bond donors (Lipinski definition) is 0. The van der Waals surface area contributed by atoms with Gasteiger partial charge in [-0.1, -0.05) is 12.8 Å². The van der Waals surface area contributed by atoms with E-state index in [2.05, 4.69) is 4.90 Å². The van der Waals surface area contributed by atoms with Crippen molar-refractivity contribution < 1.29 is 9.21 Å². The van der Waals surface area contributed by atoms with Crippen LogP contribution in [0, 0.1) is 5.41 Å². The van der Waals surface area contributed by atoms with Gasteiger partial charge in [-0.2, -0.15) is 0 Å². The minimum atomic E-state index is -0.0742. The van der Waals surface area contributed by atoms with E-state index < -0.39 is 0 Å². The number of hydrogen-bond acceptors (Lipinski definition) is 3. The first-order chi connectivity index (χ1) is 8.81. The van der Waals surface area contributed by atoms with Crippen LogP contribution in [-0.2, 0) is 11.3 Å². The molecule has 0 unspecified atom stereocenters. The number of nitrogens with zero attached hydrogens (tertiary/aromatic N) is 1. The van der Waals surface area contributed by atoms with Gasteiger partial charge in [-0.15, -0.1) is 0 Å². The molecule has 0 radical (unpaired) electrons. The highest BCUT2D eigenvalue weighted by molar-refractivity contribution is 5.60. The van der Waals surface area contributed by atoms with Crippen LogP contribution >= 0.6 is 0 Å². The SMILES string of the molecule is O=CC1(CN(Cc2ccco2)C2CC2)CCCC1. The van der Waals surface area contributed by atoms with E-state index >= 15 is 0 Å². The van der Waals surface area contributed by atoms with Gasteiger partial charge in [-0.3, -0.25) is 4.90 Å². The second-order valence-corrected chi connectivity index (χ2v) is 5.90. The predicted molar refractivity (Wildman–Crippen MR) is 69.1 cm³/mol. The van der Waals surface area contributed by atoms with Gasteiger partial charge in [0.2, 0.25) is 0 Å². The fraction of sp³-hybridized carbons (Fsp3) is 0.667. The molecule has 98 valence electrons. The molecule has 0 spiro atoms. The fourth-order valence-electron chi connectivity index (χ4n) is 3.15. The zero-order chi connectivity index (χ0) is 12.4. The molecule has 0 atom stereocenters. The first-order valence-electron chi connectivity index (χ1n) is 7.04. The molecule has 18 heavy (non-hydrogen) atoms. The highest BCUT2D eigenvalue weighted by atomic mass is 16.3. The molecular formula is C15H21NO2. The maximum absolute atomic E-state index is 11.5. The molecule has 1 aromatic heterocycles. The van der Waals surface area contributed by atoms with Crippen molar-refractivity contribution in [2.75, 3.05) is 6.54 Å². The summed E-state index contributed by atoms with van der Waals surface area (Å²) in [7, 11) is 0. The third-order valence-electron chi connectivity index (χ3n) is 4.37. The number of rotatable bonds is 6. The number of furan rings is 1. The highest BCUT2D eigenvalue weighted by Crippen LogP contribution is 2.40.